The van der Waals surface area contributed by atoms with Gasteiger partial charge >= 0.3 is 0 Å². The van der Waals surface area contributed by atoms with Gasteiger partial charge in [0.15, 0.2) is 0 Å². The summed E-state index contributed by atoms with van der Waals surface area (Å²) in [5.74, 6) is 0.809. The van der Waals surface area contributed by atoms with Gasteiger partial charge in [-0.3, -0.25) is 9.59 Å². The summed E-state index contributed by atoms with van der Waals surface area (Å²) >= 11 is 0. The van der Waals surface area contributed by atoms with Crippen molar-refractivity contribution in [3.63, 3.8) is 0 Å². The molecule has 3 rings (SSSR count). The Bertz CT molecular complexity index is 611. The SMILES string of the molecule is CNCC1CCN(C(=O)c2cccc(NC(=O)C3CCCCC3)c2)C1. The van der Waals surface area contributed by atoms with E-state index in [0.29, 0.717) is 11.5 Å². The standard InChI is InChI=1S/C20H29N3O2/c1-21-13-15-10-11-23(14-15)20(25)17-8-5-9-18(12-17)22-19(24)16-6-3-2-4-7-16/h5,8-9,12,15-16,21H,2-4,6-7,10-11,13-14H2,1H3,(H,22,24). The number of anilines is 1. The number of nitrogens with zero attached hydrogens (tertiary/aromatic N) is 1. The Balaban J connectivity index is 1.61. The third-order valence-corrected chi connectivity index (χ3v) is 5.42. The van der Waals surface area contributed by atoms with Crippen LogP contribution in [-0.2, 0) is 4.79 Å². The largest absolute Gasteiger partial charge is 0.338 e. The highest BCUT2D eigenvalue weighted by Crippen LogP contribution is 2.25. The molecule has 0 radical (unpaired) electrons. The highest BCUT2D eigenvalue weighted by atomic mass is 16.2. The van der Waals surface area contributed by atoms with E-state index in [-0.39, 0.29) is 17.7 Å². The Kier molecular flexibility index (Phi) is 6.08. The molecule has 5 heteroatoms. The summed E-state index contributed by atoms with van der Waals surface area (Å²) in [5, 5.41) is 6.19. The zero-order valence-electron chi connectivity index (χ0n) is 15.1. The lowest BCUT2D eigenvalue weighted by Crippen LogP contribution is -2.30. The lowest BCUT2D eigenvalue weighted by Gasteiger charge is -2.21. The van der Waals surface area contributed by atoms with Crippen LogP contribution in [0.25, 0.3) is 0 Å². The number of likely N-dealkylation sites (tertiary alicyclic amines) is 1. The van der Waals surface area contributed by atoms with Gasteiger partial charge < -0.3 is 15.5 Å². The molecule has 136 valence electrons. The van der Waals surface area contributed by atoms with Crippen LogP contribution in [-0.4, -0.2) is 43.4 Å². The Morgan fingerprint density at radius 2 is 1.96 bits per heavy atom. The summed E-state index contributed by atoms with van der Waals surface area (Å²) in [5.41, 5.74) is 1.39. The summed E-state index contributed by atoms with van der Waals surface area (Å²) in [6, 6.07) is 7.37. The predicted octanol–water partition coefficient (Wildman–Crippen LogP) is 2.89. The molecule has 1 unspecified atom stereocenters. The molecule has 1 saturated carbocycles. The van der Waals surface area contributed by atoms with Gasteiger partial charge in [-0.15, -0.1) is 0 Å². The van der Waals surface area contributed by atoms with Crippen LogP contribution in [0.1, 0.15) is 48.9 Å². The van der Waals surface area contributed by atoms with Gasteiger partial charge in [0.25, 0.3) is 5.91 Å². The molecule has 1 atom stereocenters. The van der Waals surface area contributed by atoms with Crippen LogP contribution >= 0.6 is 0 Å². The van der Waals surface area contributed by atoms with Crippen molar-refractivity contribution in [3.05, 3.63) is 29.8 Å². The molecule has 0 aromatic heterocycles. The van der Waals surface area contributed by atoms with Crippen molar-refractivity contribution in [3.8, 4) is 0 Å². The van der Waals surface area contributed by atoms with Crippen LogP contribution in [0.4, 0.5) is 5.69 Å². The number of rotatable bonds is 5. The average molecular weight is 343 g/mol. The molecule has 1 saturated heterocycles. The first-order valence-electron chi connectivity index (χ1n) is 9.52. The third-order valence-electron chi connectivity index (χ3n) is 5.42. The summed E-state index contributed by atoms with van der Waals surface area (Å²) in [4.78, 5) is 27.1. The summed E-state index contributed by atoms with van der Waals surface area (Å²) in [6.07, 6.45) is 6.51. The van der Waals surface area contributed by atoms with Crippen molar-refractivity contribution in [1.82, 2.24) is 10.2 Å². The fraction of sp³-hybridized carbons (Fsp3) is 0.600. The molecular weight excluding hydrogens is 314 g/mol. The molecule has 1 aliphatic heterocycles. The highest BCUT2D eigenvalue weighted by molar-refractivity contribution is 5.97. The molecule has 2 aliphatic rings. The smallest absolute Gasteiger partial charge is 0.253 e. The maximum atomic E-state index is 12.7. The van der Waals surface area contributed by atoms with Crippen molar-refractivity contribution in [1.29, 1.82) is 0 Å². The molecule has 0 bridgehead atoms. The van der Waals surface area contributed by atoms with Crippen LogP contribution in [0.15, 0.2) is 24.3 Å². The minimum absolute atomic E-state index is 0.0624. The van der Waals surface area contributed by atoms with E-state index >= 15 is 0 Å². The zero-order chi connectivity index (χ0) is 17.6. The normalized spacial score (nSPS) is 21.3. The van der Waals surface area contributed by atoms with Gasteiger partial charge in [0.2, 0.25) is 5.91 Å². The lowest BCUT2D eigenvalue weighted by molar-refractivity contribution is -0.120. The average Bonchev–Trinajstić information content (AvgIpc) is 3.11. The number of carbonyl (C=O) groups is 2. The fourth-order valence-corrected chi connectivity index (χ4v) is 3.99. The van der Waals surface area contributed by atoms with Gasteiger partial charge in [-0.2, -0.15) is 0 Å². The molecule has 1 aromatic rings. The van der Waals surface area contributed by atoms with Crippen LogP contribution < -0.4 is 10.6 Å². The number of nitrogens with one attached hydrogen (secondary N) is 2. The summed E-state index contributed by atoms with van der Waals surface area (Å²) < 4.78 is 0. The fourth-order valence-electron chi connectivity index (χ4n) is 3.99. The molecule has 2 N–H and O–H groups in total. The van der Waals surface area contributed by atoms with E-state index in [9.17, 15) is 9.59 Å². The van der Waals surface area contributed by atoms with Crippen molar-refractivity contribution in [2.45, 2.75) is 38.5 Å². The Morgan fingerprint density at radius 1 is 1.16 bits per heavy atom. The van der Waals surface area contributed by atoms with E-state index in [2.05, 4.69) is 10.6 Å². The van der Waals surface area contributed by atoms with E-state index in [0.717, 1.165) is 57.4 Å². The maximum absolute atomic E-state index is 12.7. The molecule has 2 fully saturated rings. The van der Waals surface area contributed by atoms with Crippen molar-refractivity contribution in [2.75, 3.05) is 32.0 Å². The first kappa shape index (κ1) is 17.9. The minimum atomic E-state index is 0.0624. The van der Waals surface area contributed by atoms with E-state index in [4.69, 9.17) is 0 Å². The second-order valence-electron chi connectivity index (χ2n) is 7.37. The molecule has 5 nitrogen and oxygen atoms in total. The minimum Gasteiger partial charge on any atom is -0.338 e. The maximum Gasteiger partial charge on any atom is 0.253 e. The van der Waals surface area contributed by atoms with Gasteiger partial charge in [0, 0.05) is 30.3 Å². The van der Waals surface area contributed by atoms with E-state index in [1.807, 2.05) is 36.2 Å². The molecular formula is C20H29N3O2. The Labute approximate surface area is 150 Å². The van der Waals surface area contributed by atoms with Crippen LogP contribution in [0.2, 0.25) is 0 Å². The van der Waals surface area contributed by atoms with Crippen molar-refractivity contribution < 1.29 is 9.59 Å². The van der Waals surface area contributed by atoms with Crippen LogP contribution in [0, 0.1) is 11.8 Å². The van der Waals surface area contributed by atoms with E-state index < -0.39 is 0 Å². The lowest BCUT2D eigenvalue weighted by atomic mass is 9.88. The first-order valence-corrected chi connectivity index (χ1v) is 9.52. The van der Waals surface area contributed by atoms with E-state index in [1.165, 1.54) is 6.42 Å². The highest BCUT2D eigenvalue weighted by Gasteiger charge is 2.27. The molecule has 1 aromatic carbocycles. The molecule has 1 aliphatic carbocycles. The van der Waals surface area contributed by atoms with Gasteiger partial charge in [-0.1, -0.05) is 25.3 Å². The van der Waals surface area contributed by atoms with Gasteiger partial charge in [0.1, 0.15) is 0 Å². The second-order valence-corrected chi connectivity index (χ2v) is 7.37. The summed E-state index contributed by atoms with van der Waals surface area (Å²) in [6.45, 7) is 2.56. The van der Waals surface area contributed by atoms with Crippen molar-refractivity contribution >= 4 is 17.5 Å². The van der Waals surface area contributed by atoms with Gasteiger partial charge in [0.05, 0.1) is 0 Å². The number of benzene rings is 1. The molecule has 2 amide bonds. The quantitative estimate of drug-likeness (QED) is 0.864. The molecule has 25 heavy (non-hydrogen) atoms. The van der Waals surface area contributed by atoms with E-state index in [1.54, 1.807) is 0 Å². The van der Waals surface area contributed by atoms with Gasteiger partial charge in [-0.25, -0.2) is 0 Å². The summed E-state index contributed by atoms with van der Waals surface area (Å²) in [7, 11) is 1.95. The molecule has 1 heterocycles. The molecule has 0 spiro atoms. The third kappa shape index (κ3) is 4.60. The monoisotopic (exact) mass is 343 g/mol. The van der Waals surface area contributed by atoms with Crippen molar-refractivity contribution in [2.24, 2.45) is 11.8 Å². The second kappa shape index (κ2) is 8.48. The predicted molar refractivity (Wildman–Crippen MR) is 99.6 cm³/mol. The number of carbonyl (C=O) groups excluding carboxylic acids is 2. The van der Waals surface area contributed by atoms with Gasteiger partial charge in [-0.05, 0) is 57.0 Å². The van der Waals surface area contributed by atoms with Crippen LogP contribution in [0.3, 0.4) is 0 Å². The number of amides is 2. The topological polar surface area (TPSA) is 61.4 Å². The Morgan fingerprint density at radius 3 is 2.72 bits per heavy atom. The zero-order valence-corrected chi connectivity index (χ0v) is 15.1. The first-order chi connectivity index (χ1) is 12.2. The van der Waals surface area contributed by atoms with Crippen LogP contribution in [0.5, 0.6) is 0 Å². The Hall–Kier alpha value is -1.88. The number of hydrogen-bond acceptors (Lipinski definition) is 3. The number of hydrogen-bond donors (Lipinski definition) is 2.